The Labute approximate surface area is 157 Å². The molecule has 1 aromatic carbocycles. The van der Waals surface area contributed by atoms with Crippen molar-refractivity contribution in [1.29, 1.82) is 0 Å². The second-order valence-corrected chi connectivity index (χ2v) is 7.90. The van der Waals surface area contributed by atoms with Gasteiger partial charge in [-0.2, -0.15) is 0 Å². The van der Waals surface area contributed by atoms with Crippen molar-refractivity contribution in [2.24, 2.45) is 0 Å². The molecule has 0 aliphatic carbocycles. The molecule has 0 bridgehead atoms. The van der Waals surface area contributed by atoms with Crippen molar-refractivity contribution < 1.29 is 27.2 Å². The summed E-state index contributed by atoms with van der Waals surface area (Å²) in [7, 11) is 0.632. The van der Waals surface area contributed by atoms with Gasteiger partial charge in [0.15, 0.2) is 0 Å². The van der Waals surface area contributed by atoms with Crippen molar-refractivity contribution in [3.8, 4) is 0 Å². The van der Waals surface area contributed by atoms with Gasteiger partial charge >= 0.3 is 5.97 Å². The monoisotopic (exact) mass is 392 g/mol. The van der Waals surface area contributed by atoms with Crippen LogP contribution in [0.25, 0.3) is 6.08 Å². The van der Waals surface area contributed by atoms with Crippen molar-refractivity contribution in [1.82, 2.24) is 4.31 Å². The maximum absolute atomic E-state index is 12.0. The molecule has 0 radical (unpaired) electrons. The maximum atomic E-state index is 12.0. The number of sulfonamides is 1. The van der Waals surface area contributed by atoms with Gasteiger partial charge in [-0.25, -0.2) is 17.5 Å². The van der Waals surface area contributed by atoms with E-state index < -0.39 is 21.9 Å². The summed E-state index contributed by atoms with van der Waals surface area (Å²) in [4.78, 5) is 23.7. The van der Waals surface area contributed by atoms with Crippen molar-refractivity contribution in [3.63, 3.8) is 0 Å². The number of benzene rings is 1. The quantitative estimate of drug-likeness (QED) is 0.597. The molecule has 0 saturated carbocycles. The smallest absolute Gasteiger partial charge is 0.341 e. The second-order valence-electron chi connectivity index (χ2n) is 5.74. The number of ether oxygens (including phenoxy) is 1. The van der Waals surface area contributed by atoms with E-state index in [-0.39, 0.29) is 10.5 Å². The minimum Gasteiger partial charge on any atom is -0.465 e. The van der Waals surface area contributed by atoms with Crippen molar-refractivity contribution in [2.75, 3.05) is 26.5 Å². The molecule has 0 saturated heterocycles. The standard InChI is InChI=1S/C18H20N2O6S/c1-12-16(18(22)25-4)11-14(26-12)7-10-17(21)19-13-5-8-15(9-6-13)27(23,24)20(2)3/h5-11H,1-4H3,(H,19,21)/b10-7+. The van der Waals surface area contributed by atoms with Gasteiger partial charge in [0, 0.05) is 25.9 Å². The highest BCUT2D eigenvalue weighted by molar-refractivity contribution is 7.89. The first-order valence-corrected chi connectivity index (χ1v) is 9.29. The van der Waals surface area contributed by atoms with E-state index in [0.29, 0.717) is 17.2 Å². The zero-order chi connectivity index (χ0) is 20.2. The van der Waals surface area contributed by atoms with Crippen LogP contribution in [0.2, 0.25) is 0 Å². The fourth-order valence-corrected chi connectivity index (χ4v) is 3.06. The normalized spacial score (nSPS) is 11.7. The Kier molecular flexibility index (Phi) is 6.19. The Morgan fingerprint density at radius 2 is 1.81 bits per heavy atom. The van der Waals surface area contributed by atoms with Crippen molar-refractivity contribution in [2.45, 2.75) is 11.8 Å². The van der Waals surface area contributed by atoms with Crippen LogP contribution in [0.1, 0.15) is 21.9 Å². The third kappa shape index (κ3) is 4.83. The Hall–Kier alpha value is -2.91. The molecule has 2 aromatic rings. The molecule has 0 aliphatic rings. The van der Waals surface area contributed by atoms with E-state index in [1.54, 1.807) is 6.92 Å². The lowest BCUT2D eigenvalue weighted by Gasteiger charge is -2.11. The third-order valence-electron chi connectivity index (χ3n) is 3.64. The minimum atomic E-state index is -3.52. The van der Waals surface area contributed by atoms with Crippen LogP contribution >= 0.6 is 0 Å². The van der Waals surface area contributed by atoms with Gasteiger partial charge in [-0.1, -0.05) is 0 Å². The van der Waals surface area contributed by atoms with E-state index in [1.807, 2.05) is 0 Å². The number of carbonyl (C=O) groups excluding carboxylic acids is 2. The van der Waals surface area contributed by atoms with Crippen LogP contribution in [-0.2, 0) is 19.6 Å². The number of methoxy groups -OCH3 is 1. The summed E-state index contributed by atoms with van der Waals surface area (Å²) in [5, 5.41) is 2.61. The zero-order valence-electron chi connectivity index (χ0n) is 15.3. The number of esters is 1. The van der Waals surface area contributed by atoms with E-state index in [9.17, 15) is 18.0 Å². The van der Waals surface area contributed by atoms with Crippen molar-refractivity contribution >= 4 is 33.7 Å². The van der Waals surface area contributed by atoms with Gasteiger partial charge in [-0.05, 0) is 43.3 Å². The van der Waals surface area contributed by atoms with Gasteiger partial charge in [0.2, 0.25) is 15.9 Å². The van der Waals surface area contributed by atoms with Gasteiger partial charge in [0.25, 0.3) is 0 Å². The first-order valence-electron chi connectivity index (χ1n) is 7.85. The van der Waals surface area contributed by atoms with Crippen LogP contribution in [0.15, 0.2) is 45.7 Å². The number of rotatable bonds is 6. The summed E-state index contributed by atoms with van der Waals surface area (Å²) in [6.07, 6.45) is 2.66. The molecular formula is C18H20N2O6S. The van der Waals surface area contributed by atoms with Gasteiger partial charge in [0.1, 0.15) is 17.1 Å². The van der Waals surface area contributed by atoms with Crippen molar-refractivity contribution in [3.05, 3.63) is 53.5 Å². The number of aryl methyl sites for hydroxylation is 1. The molecular weight excluding hydrogens is 372 g/mol. The van der Waals surface area contributed by atoms with Crippen LogP contribution in [0.3, 0.4) is 0 Å². The summed E-state index contributed by atoms with van der Waals surface area (Å²) in [6.45, 7) is 1.62. The Morgan fingerprint density at radius 1 is 1.19 bits per heavy atom. The molecule has 0 spiro atoms. The van der Waals surface area contributed by atoms with Crippen LogP contribution in [0.4, 0.5) is 5.69 Å². The van der Waals surface area contributed by atoms with Crippen LogP contribution in [0.5, 0.6) is 0 Å². The molecule has 9 heteroatoms. The highest BCUT2D eigenvalue weighted by Gasteiger charge is 2.17. The van der Waals surface area contributed by atoms with Crippen LogP contribution in [0, 0.1) is 6.92 Å². The lowest BCUT2D eigenvalue weighted by Crippen LogP contribution is -2.22. The lowest BCUT2D eigenvalue weighted by atomic mass is 10.2. The Morgan fingerprint density at radius 3 is 2.37 bits per heavy atom. The number of furan rings is 1. The average molecular weight is 392 g/mol. The molecule has 27 heavy (non-hydrogen) atoms. The summed E-state index contributed by atoms with van der Waals surface area (Å²) < 4.78 is 35.1. The van der Waals surface area contributed by atoms with E-state index in [1.165, 1.54) is 63.7 Å². The molecule has 1 N–H and O–H groups in total. The summed E-state index contributed by atoms with van der Waals surface area (Å²) in [6, 6.07) is 7.29. The van der Waals surface area contributed by atoms with Gasteiger partial charge in [-0.15, -0.1) is 0 Å². The SMILES string of the molecule is COC(=O)c1cc(/C=C/C(=O)Nc2ccc(S(=O)(=O)N(C)C)cc2)oc1C. The number of nitrogens with one attached hydrogen (secondary N) is 1. The number of hydrogen-bond acceptors (Lipinski definition) is 6. The first kappa shape index (κ1) is 20.4. The molecule has 1 aromatic heterocycles. The number of carbonyl (C=O) groups is 2. The molecule has 1 heterocycles. The summed E-state index contributed by atoms with van der Waals surface area (Å²) >= 11 is 0. The average Bonchev–Trinajstić information content (AvgIpc) is 3.00. The number of anilines is 1. The highest BCUT2D eigenvalue weighted by Crippen LogP contribution is 2.18. The molecule has 144 valence electrons. The molecule has 1 amide bonds. The molecule has 2 rings (SSSR count). The highest BCUT2D eigenvalue weighted by atomic mass is 32.2. The molecule has 0 atom stereocenters. The molecule has 0 unspecified atom stereocenters. The topological polar surface area (TPSA) is 106 Å². The predicted molar refractivity (Wildman–Crippen MR) is 99.8 cm³/mol. The van der Waals surface area contributed by atoms with Gasteiger partial charge < -0.3 is 14.5 Å². The van der Waals surface area contributed by atoms with E-state index in [2.05, 4.69) is 10.1 Å². The zero-order valence-corrected chi connectivity index (χ0v) is 16.2. The maximum Gasteiger partial charge on any atom is 0.341 e. The number of nitrogens with zero attached hydrogens (tertiary/aromatic N) is 1. The van der Waals surface area contributed by atoms with Gasteiger partial charge in [-0.3, -0.25) is 4.79 Å². The number of hydrogen-bond donors (Lipinski definition) is 1. The Balaban J connectivity index is 2.06. The molecule has 8 nitrogen and oxygen atoms in total. The van der Waals surface area contributed by atoms with E-state index >= 15 is 0 Å². The van der Waals surface area contributed by atoms with Crippen LogP contribution < -0.4 is 5.32 Å². The fraction of sp³-hybridized carbons (Fsp3) is 0.222. The van der Waals surface area contributed by atoms with Gasteiger partial charge in [0.05, 0.1) is 12.0 Å². The fourth-order valence-electron chi connectivity index (χ4n) is 2.16. The van der Waals surface area contributed by atoms with Crippen LogP contribution in [-0.4, -0.2) is 45.8 Å². The minimum absolute atomic E-state index is 0.127. The lowest BCUT2D eigenvalue weighted by molar-refractivity contribution is -0.111. The summed E-state index contributed by atoms with van der Waals surface area (Å²) in [5.41, 5.74) is 0.725. The second kappa shape index (κ2) is 8.19. The molecule has 0 aliphatic heterocycles. The van der Waals surface area contributed by atoms with E-state index in [4.69, 9.17) is 4.42 Å². The first-order chi connectivity index (χ1) is 12.6. The van der Waals surface area contributed by atoms with E-state index in [0.717, 1.165) is 4.31 Å². The molecule has 0 fully saturated rings. The predicted octanol–water partition coefficient (Wildman–Crippen LogP) is 2.28. The Bertz CT molecular complexity index is 972. The third-order valence-corrected chi connectivity index (χ3v) is 5.47. The number of amides is 1. The summed E-state index contributed by atoms with van der Waals surface area (Å²) in [5.74, 6) is -0.241. The largest absolute Gasteiger partial charge is 0.465 e.